The Labute approximate surface area is 629 Å². The largest absolute Gasteiger partial charge is 0.472 e. The van der Waals surface area contributed by atoms with Crippen molar-refractivity contribution in [3.05, 3.63) is 158 Å². The Kier molecular flexibility index (Phi) is 72.0. The fraction of sp³-hybridized carbons (Fsp3) is 0.647. The number of esters is 4. The van der Waals surface area contributed by atoms with Crippen molar-refractivity contribution in [2.45, 2.75) is 316 Å². The molecular weight excluding hydrogens is 1350 g/mol. The summed E-state index contributed by atoms with van der Waals surface area (Å²) in [4.78, 5) is 73.1. The number of aliphatic hydroxyl groups is 1. The first-order chi connectivity index (χ1) is 50.7. The molecule has 0 heterocycles. The van der Waals surface area contributed by atoms with Gasteiger partial charge in [0.15, 0.2) is 12.2 Å². The first kappa shape index (κ1) is 98.7. The second-order valence-electron chi connectivity index (χ2n) is 25.8. The summed E-state index contributed by atoms with van der Waals surface area (Å²) in [6.45, 7) is 4.34. The normalized spacial score (nSPS) is 14.7. The van der Waals surface area contributed by atoms with Crippen molar-refractivity contribution in [1.29, 1.82) is 0 Å². The molecule has 0 amide bonds. The quantitative estimate of drug-likeness (QED) is 0.0169. The monoisotopic (exact) mass is 1490 g/mol. The molecule has 17 nitrogen and oxygen atoms in total. The summed E-state index contributed by atoms with van der Waals surface area (Å²) < 4.78 is 68.6. The van der Waals surface area contributed by atoms with Crippen LogP contribution >= 0.6 is 15.6 Å². The lowest BCUT2D eigenvalue weighted by molar-refractivity contribution is -0.161. The van der Waals surface area contributed by atoms with Gasteiger partial charge in [0.2, 0.25) is 0 Å². The van der Waals surface area contributed by atoms with E-state index < -0.39 is 97.5 Å². The summed E-state index contributed by atoms with van der Waals surface area (Å²) in [6, 6.07) is 0. The van der Waals surface area contributed by atoms with Crippen LogP contribution < -0.4 is 0 Å². The van der Waals surface area contributed by atoms with Gasteiger partial charge in [0.1, 0.15) is 19.3 Å². The van der Waals surface area contributed by atoms with Crippen LogP contribution in [0.1, 0.15) is 297 Å². The Balaban J connectivity index is 5.43. The third kappa shape index (κ3) is 74.9. The lowest BCUT2D eigenvalue weighted by Crippen LogP contribution is -2.30. The standard InChI is InChI=1S/C85H140O17P2/c1-5-9-13-17-21-25-29-33-37-39-43-46-50-54-58-62-66-70-83(88)96-76-81(102-85(90)72-68-64-60-56-52-48-44-40-38-34-30-26-22-18-14-10-6-2)78-100-104(93,94)98-74-79(86)73-97-103(91,92)99-77-80(101-84(89)71-67-63-59-55-51-47-42-36-32-28-24-20-16-12-8-4)75-95-82(87)69-65-61-57-53-49-45-41-35-31-27-23-19-15-11-7-3/h9-16,21-28,33-38,41-42,49,53,79-81,86H,5-8,17-20,29-32,39-40,43-48,50-52,54-78H2,1-4H3,(H,91,92)(H,93,94)/b13-9-,14-10-,15-11-,16-12-,25-21-,26-22-,27-23-,28-24-,37-33-,38-34-,41-35-,42-36-,53-49-. The number of allylic oxidation sites excluding steroid dienone is 26. The highest BCUT2D eigenvalue weighted by molar-refractivity contribution is 7.47. The topological polar surface area (TPSA) is 237 Å². The van der Waals surface area contributed by atoms with E-state index in [1.165, 1.54) is 0 Å². The number of carbonyl (C=O) groups excluding carboxylic acids is 4. The van der Waals surface area contributed by atoms with E-state index in [0.29, 0.717) is 25.7 Å². The Morgan fingerprint density at radius 3 is 0.740 bits per heavy atom. The van der Waals surface area contributed by atoms with E-state index in [-0.39, 0.29) is 25.7 Å². The van der Waals surface area contributed by atoms with Gasteiger partial charge < -0.3 is 33.8 Å². The molecule has 0 radical (unpaired) electrons. The van der Waals surface area contributed by atoms with Crippen molar-refractivity contribution >= 4 is 39.5 Å². The summed E-state index contributed by atoms with van der Waals surface area (Å²) in [5.74, 6) is -2.27. The number of rotatable bonds is 73. The minimum atomic E-state index is -5.00. The zero-order chi connectivity index (χ0) is 76.0. The highest BCUT2D eigenvalue weighted by Gasteiger charge is 2.30. The van der Waals surface area contributed by atoms with Gasteiger partial charge in [0.05, 0.1) is 26.4 Å². The van der Waals surface area contributed by atoms with E-state index in [0.717, 1.165) is 218 Å². The SMILES string of the molecule is CC/C=C\C/C=C\C/C=C\C/C=C\CCCCC(=O)OCC(COP(=O)(O)OCC(O)COP(=O)(O)OCC(COC(=O)CCCCCCCCC/C=C\C/C=C\C/C=C\CC)OC(=O)CCCCCCCCC/C=C\C/C=C\C/C=C\CC)OC(=O)CCCCCCC/C=C\C/C=C\C/C=C\CC. The molecule has 0 saturated heterocycles. The van der Waals surface area contributed by atoms with Crippen molar-refractivity contribution in [1.82, 2.24) is 0 Å². The molecule has 0 aliphatic rings. The van der Waals surface area contributed by atoms with Crippen molar-refractivity contribution in [2.75, 3.05) is 39.6 Å². The highest BCUT2D eigenvalue weighted by atomic mass is 31.2. The second-order valence-corrected chi connectivity index (χ2v) is 28.7. The first-order valence-electron chi connectivity index (χ1n) is 39.7. The van der Waals surface area contributed by atoms with Crippen LogP contribution in [-0.2, 0) is 65.4 Å². The molecule has 0 aromatic rings. The van der Waals surface area contributed by atoms with E-state index >= 15 is 0 Å². The maximum absolute atomic E-state index is 13.1. The molecule has 0 spiro atoms. The smallest absolute Gasteiger partial charge is 0.462 e. The lowest BCUT2D eigenvalue weighted by atomic mass is 10.1. The molecule has 0 saturated carbocycles. The fourth-order valence-corrected chi connectivity index (χ4v) is 11.7. The predicted octanol–water partition coefficient (Wildman–Crippen LogP) is 23.2. The number of phosphoric acid groups is 2. The van der Waals surface area contributed by atoms with E-state index in [1.54, 1.807) is 0 Å². The molecule has 0 rings (SSSR count). The maximum atomic E-state index is 13.1. The van der Waals surface area contributed by atoms with Crippen LogP contribution in [-0.4, -0.2) is 96.7 Å². The Morgan fingerprint density at radius 2 is 0.471 bits per heavy atom. The maximum Gasteiger partial charge on any atom is 0.472 e. The molecule has 5 unspecified atom stereocenters. The van der Waals surface area contributed by atoms with E-state index in [9.17, 15) is 43.2 Å². The molecule has 0 aromatic carbocycles. The van der Waals surface area contributed by atoms with Crippen LogP contribution in [0.5, 0.6) is 0 Å². The Hall–Kier alpha value is -5.32. The van der Waals surface area contributed by atoms with Gasteiger partial charge in [-0.2, -0.15) is 0 Å². The Bertz CT molecular complexity index is 2590. The summed E-state index contributed by atoms with van der Waals surface area (Å²) >= 11 is 0. The zero-order valence-corrected chi connectivity index (χ0v) is 66.4. The van der Waals surface area contributed by atoms with Gasteiger partial charge in [-0.3, -0.25) is 37.3 Å². The van der Waals surface area contributed by atoms with Crippen LogP contribution in [0.4, 0.5) is 0 Å². The van der Waals surface area contributed by atoms with Crippen molar-refractivity contribution in [3.8, 4) is 0 Å². The van der Waals surface area contributed by atoms with Crippen LogP contribution in [0.3, 0.4) is 0 Å². The molecule has 0 aliphatic carbocycles. The molecule has 3 N–H and O–H groups in total. The fourth-order valence-electron chi connectivity index (χ4n) is 10.1. The molecule has 592 valence electrons. The lowest BCUT2D eigenvalue weighted by Gasteiger charge is -2.21. The summed E-state index contributed by atoms with van der Waals surface area (Å²) in [7, 11) is -9.99. The van der Waals surface area contributed by atoms with Crippen LogP contribution in [0.25, 0.3) is 0 Å². The van der Waals surface area contributed by atoms with Gasteiger partial charge in [-0.1, -0.05) is 269 Å². The minimum absolute atomic E-state index is 0.0614. The number of phosphoric ester groups is 2. The Morgan fingerprint density at radius 1 is 0.269 bits per heavy atom. The third-order valence-corrected chi connectivity index (χ3v) is 17.9. The molecule has 0 fully saturated rings. The van der Waals surface area contributed by atoms with Crippen LogP contribution in [0.2, 0.25) is 0 Å². The molecule has 19 heteroatoms. The molecule has 0 bridgehead atoms. The average Bonchev–Trinajstić information content (AvgIpc) is 0.926. The van der Waals surface area contributed by atoms with Crippen LogP contribution in [0, 0.1) is 0 Å². The number of ether oxygens (including phenoxy) is 4. The van der Waals surface area contributed by atoms with Gasteiger partial charge in [-0.25, -0.2) is 9.13 Å². The number of aliphatic hydroxyl groups excluding tert-OH is 1. The van der Waals surface area contributed by atoms with Gasteiger partial charge >= 0.3 is 39.5 Å². The molecule has 0 aliphatic heterocycles. The first-order valence-corrected chi connectivity index (χ1v) is 42.7. The van der Waals surface area contributed by atoms with Gasteiger partial charge in [-0.05, 0) is 161 Å². The number of hydrogen-bond donors (Lipinski definition) is 3. The number of unbranched alkanes of at least 4 members (excludes halogenated alkanes) is 21. The van der Waals surface area contributed by atoms with Gasteiger partial charge in [0.25, 0.3) is 0 Å². The molecule has 104 heavy (non-hydrogen) atoms. The van der Waals surface area contributed by atoms with Gasteiger partial charge in [0, 0.05) is 25.7 Å². The molecular formula is C85H140O17P2. The van der Waals surface area contributed by atoms with Crippen molar-refractivity contribution < 1.29 is 80.2 Å². The summed E-state index contributed by atoms with van der Waals surface area (Å²) in [6.07, 6.45) is 87.9. The van der Waals surface area contributed by atoms with Crippen molar-refractivity contribution in [2.24, 2.45) is 0 Å². The van der Waals surface area contributed by atoms with E-state index in [2.05, 4.69) is 186 Å². The number of carbonyl (C=O) groups is 4. The average molecular weight is 1500 g/mol. The third-order valence-electron chi connectivity index (χ3n) is 16.0. The number of hydrogen-bond acceptors (Lipinski definition) is 15. The summed E-state index contributed by atoms with van der Waals surface area (Å²) in [5, 5.41) is 10.6. The zero-order valence-electron chi connectivity index (χ0n) is 64.6. The van der Waals surface area contributed by atoms with Crippen LogP contribution in [0.15, 0.2) is 158 Å². The van der Waals surface area contributed by atoms with Gasteiger partial charge in [-0.15, -0.1) is 0 Å². The molecule has 5 atom stereocenters. The molecule has 0 aromatic heterocycles. The second kappa shape index (κ2) is 75.9. The van der Waals surface area contributed by atoms with E-state index in [4.69, 9.17) is 37.0 Å². The highest BCUT2D eigenvalue weighted by Crippen LogP contribution is 2.45. The minimum Gasteiger partial charge on any atom is -0.462 e. The predicted molar refractivity (Wildman–Crippen MR) is 427 cm³/mol. The van der Waals surface area contributed by atoms with Crippen molar-refractivity contribution in [3.63, 3.8) is 0 Å². The van der Waals surface area contributed by atoms with E-state index in [1.807, 2.05) is 0 Å². The summed E-state index contributed by atoms with van der Waals surface area (Å²) in [5.41, 5.74) is 0.